The number of amides is 1. The molecule has 0 aliphatic carbocycles. The van der Waals surface area contributed by atoms with Gasteiger partial charge in [0.2, 0.25) is 6.10 Å². The number of benzene rings is 2. The number of nitrogens with zero attached hydrogens (tertiary/aromatic N) is 1. The lowest BCUT2D eigenvalue weighted by Crippen LogP contribution is -2.42. The van der Waals surface area contributed by atoms with Gasteiger partial charge in [-0.05, 0) is 37.1 Å². The quantitative estimate of drug-likeness (QED) is 0.793. The standard InChI is InChI=1S/C20H19NO5/c1-13-10-14-6-2-3-7-15(14)21(13)19(22)12-25-20(23)18-11-24-16-8-4-5-9-17(16)26-18/h2-9,13,18H,10-12H2,1H3/t13-,18-/m1/s1. The second kappa shape index (κ2) is 6.71. The zero-order valence-electron chi connectivity index (χ0n) is 14.4. The van der Waals surface area contributed by atoms with E-state index in [9.17, 15) is 9.59 Å². The van der Waals surface area contributed by atoms with Gasteiger partial charge in [-0.1, -0.05) is 30.3 Å². The first-order valence-electron chi connectivity index (χ1n) is 8.58. The van der Waals surface area contributed by atoms with Crippen molar-refractivity contribution in [2.24, 2.45) is 0 Å². The van der Waals surface area contributed by atoms with Crippen molar-refractivity contribution < 1.29 is 23.8 Å². The second-order valence-electron chi connectivity index (χ2n) is 6.42. The Morgan fingerprint density at radius 2 is 1.85 bits per heavy atom. The van der Waals surface area contributed by atoms with Crippen LogP contribution in [-0.4, -0.2) is 37.2 Å². The second-order valence-corrected chi connectivity index (χ2v) is 6.42. The number of ether oxygens (including phenoxy) is 3. The number of fused-ring (bicyclic) bond motifs is 2. The summed E-state index contributed by atoms with van der Waals surface area (Å²) in [5, 5.41) is 0. The molecule has 0 radical (unpaired) electrons. The van der Waals surface area contributed by atoms with Gasteiger partial charge in [-0.25, -0.2) is 4.79 Å². The Morgan fingerprint density at radius 3 is 2.69 bits per heavy atom. The van der Waals surface area contributed by atoms with Crippen molar-refractivity contribution in [2.45, 2.75) is 25.5 Å². The van der Waals surface area contributed by atoms with Gasteiger partial charge in [0.1, 0.15) is 6.61 Å². The highest BCUT2D eigenvalue weighted by atomic mass is 16.6. The van der Waals surface area contributed by atoms with Crippen molar-refractivity contribution in [1.29, 1.82) is 0 Å². The first-order chi connectivity index (χ1) is 12.6. The van der Waals surface area contributed by atoms with E-state index in [2.05, 4.69) is 0 Å². The first-order valence-corrected chi connectivity index (χ1v) is 8.58. The third-order valence-corrected chi connectivity index (χ3v) is 4.59. The molecule has 6 nitrogen and oxygen atoms in total. The molecular weight excluding hydrogens is 334 g/mol. The van der Waals surface area contributed by atoms with Crippen molar-refractivity contribution in [3.8, 4) is 11.5 Å². The molecule has 0 aromatic heterocycles. The maximum Gasteiger partial charge on any atom is 0.351 e. The zero-order chi connectivity index (χ0) is 18.1. The Hall–Kier alpha value is -3.02. The number of para-hydroxylation sites is 3. The summed E-state index contributed by atoms with van der Waals surface area (Å²) >= 11 is 0. The van der Waals surface area contributed by atoms with Crippen LogP contribution in [0.2, 0.25) is 0 Å². The summed E-state index contributed by atoms with van der Waals surface area (Å²) in [6, 6.07) is 14.9. The van der Waals surface area contributed by atoms with Crippen molar-refractivity contribution in [3.05, 3.63) is 54.1 Å². The van der Waals surface area contributed by atoms with Gasteiger partial charge in [0.15, 0.2) is 18.1 Å². The topological polar surface area (TPSA) is 65.1 Å². The van der Waals surface area contributed by atoms with Crippen LogP contribution >= 0.6 is 0 Å². The molecule has 0 saturated heterocycles. The van der Waals surface area contributed by atoms with Gasteiger partial charge in [0, 0.05) is 11.7 Å². The van der Waals surface area contributed by atoms with Crippen LogP contribution < -0.4 is 14.4 Å². The molecule has 0 unspecified atom stereocenters. The predicted molar refractivity (Wildman–Crippen MR) is 94.4 cm³/mol. The molecule has 2 atom stereocenters. The summed E-state index contributed by atoms with van der Waals surface area (Å²) in [6.45, 7) is 1.72. The Kier molecular flexibility index (Phi) is 4.24. The van der Waals surface area contributed by atoms with E-state index < -0.39 is 12.1 Å². The van der Waals surface area contributed by atoms with E-state index in [0.29, 0.717) is 11.5 Å². The number of hydrogen-bond acceptors (Lipinski definition) is 5. The molecule has 2 aliphatic heterocycles. The molecule has 2 aromatic carbocycles. The highest BCUT2D eigenvalue weighted by molar-refractivity contribution is 5.98. The van der Waals surface area contributed by atoms with Crippen molar-refractivity contribution in [2.75, 3.05) is 18.1 Å². The Bertz CT molecular complexity index is 850. The summed E-state index contributed by atoms with van der Waals surface area (Å²) in [6.07, 6.45) is -0.0762. The number of hydrogen-bond donors (Lipinski definition) is 0. The van der Waals surface area contributed by atoms with Crippen LogP contribution in [0.15, 0.2) is 48.5 Å². The van der Waals surface area contributed by atoms with E-state index in [1.165, 1.54) is 0 Å². The predicted octanol–water partition coefficient (Wildman–Crippen LogP) is 2.35. The van der Waals surface area contributed by atoms with E-state index >= 15 is 0 Å². The lowest BCUT2D eigenvalue weighted by Gasteiger charge is -2.26. The van der Waals surface area contributed by atoms with Crippen molar-refractivity contribution in [1.82, 2.24) is 0 Å². The van der Waals surface area contributed by atoms with Crippen LogP contribution in [0.3, 0.4) is 0 Å². The third kappa shape index (κ3) is 2.98. The molecule has 0 N–H and O–H groups in total. The molecule has 2 aliphatic rings. The Labute approximate surface area is 151 Å². The van der Waals surface area contributed by atoms with Crippen LogP contribution in [0.25, 0.3) is 0 Å². The Morgan fingerprint density at radius 1 is 1.12 bits per heavy atom. The zero-order valence-corrected chi connectivity index (χ0v) is 14.4. The number of esters is 1. The fourth-order valence-corrected chi connectivity index (χ4v) is 3.38. The van der Waals surface area contributed by atoms with Crippen LogP contribution in [0.5, 0.6) is 11.5 Å². The molecule has 26 heavy (non-hydrogen) atoms. The summed E-state index contributed by atoms with van der Waals surface area (Å²) in [4.78, 5) is 26.5. The van der Waals surface area contributed by atoms with Gasteiger partial charge in [-0.3, -0.25) is 4.79 Å². The van der Waals surface area contributed by atoms with E-state index in [-0.39, 0.29) is 25.2 Å². The van der Waals surface area contributed by atoms with E-state index in [0.717, 1.165) is 17.7 Å². The number of carbonyl (C=O) groups is 2. The number of anilines is 1. The minimum Gasteiger partial charge on any atom is -0.485 e. The monoisotopic (exact) mass is 353 g/mol. The van der Waals surface area contributed by atoms with Gasteiger partial charge in [-0.15, -0.1) is 0 Å². The number of carbonyl (C=O) groups excluding carboxylic acids is 2. The average molecular weight is 353 g/mol. The number of rotatable bonds is 3. The maximum absolute atomic E-state index is 12.6. The maximum atomic E-state index is 12.6. The van der Waals surface area contributed by atoms with Crippen LogP contribution in [0.4, 0.5) is 5.69 Å². The van der Waals surface area contributed by atoms with Crippen LogP contribution in [0.1, 0.15) is 12.5 Å². The van der Waals surface area contributed by atoms with E-state index in [1.807, 2.05) is 37.3 Å². The largest absolute Gasteiger partial charge is 0.485 e. The molecule has 2 heterocycles. The molecule has 4 rings (SSSR count). The van der Waals surface area contributed by atoms with Crippen molar-refractivity contribution >= 4 is 17.6 Å². The highest BCUT2D eigenvalue weighted by Gasteiger charge is 2.33. The van der Waals surface area contributed by atoms with E-state index in [1.54, 1.807) is 23.1 Å². The highest BCUT2D eigenvalue weighted by Crippen LogP contribution is 2.32. The molecular formula is C20H19NO5. The summed E-state index contributed by atoms with van der Waals surface area (Å²) in [5.41, 5.74) is 2.01. The van der Waals surface area contributed by atoms with Crippen LogP contribution in [0, 0.1) is 0 Å². The van der Waals surface area contributed by atoms with Crippen LogP contribution in [-0.2, 0) is 20.7 Å². The summed E-state index contributed by atoms with van der Waals surface area (Å²) < 4.78 is 16.3. The lowest BCUT2D eigenvalue weighted by atomic mass is 10.1. The molecule has 0 spiro atoms. The normalized spacial score (nSPS) is 20.4. The molecule has 6 heteroatoms. The fourth-order valence-electron chi connectivity index (χ4n) is 3.38. The molecule has 0 fully saturated rings. The summed E-state index contributed by atoms with van der Waals surface area (Å²) in [5.74, 6) is 0.241. The van der Waals surface area contributed by atoms with Gasteiger partial charge in [0.25, 0.3) is 5.91 Å². The van der Waals surface area contributed by atoms with E-state index in [4.69, 9.17) is 14.2 Å². The molecule has 2 aromatic rings. The average Bonchev–Trinajstić information content (AvgIpc) is 3.01. The SMILES string of the molecule is C[C@@H]1Cc2ccccc2N1C(=O)COC(=O)[C@H]1COc2ccccc2O1. The van der Waals surface area contributed by atoms with Crippen molar-refractivity contribution in [3.63, 3.8) is 0 Å². The van der Waals surface area contributed by atoms with Gasteiger partial charge >= 0.3 is 5.97 Å². The lowest BCUT2D eigenvalue weighted by molar-refractivity contribution is -0.157. The minimum atomic E-state index is -0.874. The van der Waals surface area contributed by atoms with Gasteiger partial charge < -0.3 is 19.1 Å². The fraction of sp³-hybridized carbons (Fsp3) is 0.300. The molecule has 134 valence electrons. The third-order valence-electron chi connectivity index (χ3n) is 4.59. The molecule has 0 bridgehead atoms. The summed E-state index contributed by atoms with van der Waals surface area (Å²) in [7, 11) is 0. The molecule has 0 saturated carbocycles. The van der Waals surface area contributed by atoms with Gasteiger partial charge in [-0.2, -0.15) is 0 Å². The van der Waals surface area contributed by atoms with Gasteiger partial charge in [0.05, 0.1) is 0 Å². The minimum absolute atomic E-state index is 0.0414. The smallest absolute Gasteiger partial charge is 0.351 e. The molecule has 1 amide bonds. The first kappa shape index (κ1) is 16.4. The Balaban J connectivity index is 1.37.